The summed E-state index contributed by atoms with van der Waals surface area (Å²) in [6.07, 6.45) is 0. The topological polar surface area (TPSA) is 91.0 Å². The van der Waals surface area contributed by atoms with Crippen molar-refractivity contribution in [2.75, 3.05) is 0 Å². The Morgan fingerprint density at radius 1 is 0.319 bits per heavy atom. The highest BCUT2D eigenvalue weighted by molar-refractivity contribution is 6.09. The van der Waals surface area contributed by atoms with Crippen LogP contribution >= 0.6 is 0 Å². The summed E-state index contributed by atoms with van der Waals surface area (Å²) in [6, 6.07) is 44.0. The fourth-order valence-corrected chi connectivity index (χ4v) is 6.26. The van der Waals surface area contributed by atoms with E-state index in [9.17, 15) is 0 Å². The van der Waals surface area contributed by atoms with Gasteiger partial charge in [0.2, 0.25) is 5.89 Å². The molecule has 0 fully saturated rings. The molecule has 10 aromatic rings. The number of oxazole rings is 1. The zero-order valence-electron chi connectivity index (χ0n) is 24.7. The highest BCUT2D eigenvalue weighted by Crippen LogP contribution is 2.37. The lowest BCUT2D eigenvalue weighted by molar-refractivity contribution is 0.617. The van der Waals surface area contributed by atoms with Gasteiger partial charge in [0.25, 0.3) is 0 Å². The van der Waals surface area contributed by atoms with Crippen molar-refractivity contribution in [2.45, 2.75) is 0 Å². The molecule has 0 aliphatic carbocycles. The molecule has 47 heavy (non-hydrogen) atoms. The van der Waals surface area contributed by atoms with Crippen LogP contribution in [0, 0.1) is 0 Å². The van der Waals surface area contributed by atoms with E-state index in [0.717, 1.165) is 71.6 Å². The maximum absolute atomic E-state index is 6.37. The Bertz CT molecular complexity index is 2800. The number of furan rings is 2. The molecule has 0 aliphatic rings. The third-order valence-electron chi connectivity index (χ3n) is 8.56. The molecular formula is C40H22N4O3. The van der Waals surface area contributed by atoms with E-state index in [4.69, 9.17) is 33.2 Å². The number of rotatable bonds is 4. The average molecular weight is 607 g/mol. The Morgan fingerprint density at radius 2 is 0.851 bits per heavy atom. The van der Waals surface area contributed by atoms with Crippen LogP contribution in [0.25, 0.3) is 101 Å². The molecule has 220 valence electrons. The first-order valence-corrected chi connectivity index (χ1v) is 15.3. The van der Waals surface area contributed by atoms with Crippen LogP contribution in [0.4, 0.5) is 0 Å². The number of para-hydroxylation sites is 1. The molecule has 0 saturated carbocycles. The molecule has 7 nitrogen and oxygen atoms in total. The molecule has 0 radical (unpaired) electrons. The maximum Gasteiger partial charge on any atom is 0.227 e. The van der Waals surface area contributed by atoms with Gasteiger partial charge in [0.1, 0.15) is 27.8 Å². The summed E-state index contributed by atoms with van der Waals surface area (Å²) in [5.41, 5.74) is 8.01. The van der Waals surface area contributed by atoms with E-state index < -0.39 is 0 Å². The number of hydrogen-bond acceptors (Lipinski definition) is 7. The van der Waals surface area contributed by atoms with E-state index >= 15 is 0 Å². The summed E-state index contributed by atoms with van der Waals surface area (Å²) in [4.78, 5) is 19.5. The van der Waals surface area contributed by atoms with Gasteiger partial charge in [-0.25, -0.2) is 19.9 Å². The lowest BCUT2D eigenvalue weighted by Gasteiger charge is -2.08. The Labute approximate surface area is 266 Å². The summed E-state index contributed by atoms with van der Waals surface area (Å²) in [5, 5.41) is 4.07. The second-order valence-corrected chi connectivity index (χ2v) is 11.5. The predicted molar refractivity (Wildman–Crippen MR) is 184 cm³/mol. The van der Waals surface area contributed by atoms with Crippen LogP contribution in [0.3, 0.4) is 0 Å². The van der Waals surface area contributed by atoms with Gasteiger partial charge in [-0.2, -0.15) is 0 Å². The maximum atomic E-state index is 6.37. The van der Waals surface area contributed by atoms with Crippen molar-refractivity contribution in [2.24, 2.45) is 0 Å². The summed E-state index contributed by atoms with van der Waals surface area (Å²) in [7, 11) is 0. The zero-order valence-corrected chi connectivity index (χ0v) is 24.7. The fourth-order valence-electron chi connectivity index (χ4n) is 6.26. The van der Waals surface area contributed by atoms with Gasteiger partial charge in [-0.05, 0) is 48.5 Å². The Balaban J connectivity index is 1.10. The summed E-state index contributed by atoms with van der Waals surface area (Å²) >= 11 is 0. The minimum absolute atomic E-state index is 0.545. The van der Waals surface area contributed by atoms with E-state index in [0.29, 0.717) is 28.9 Å². The normalized spacial score (nSPS) is 11.8. The van der Waals surface area contributed by atoms with Gasteiger partial charge in [-0.1, -0.05) is 78.9 Å². The lowest BCUT2D eigenvalue weighted by Crippen LogP contribution is -2.00. The number of benzene rings is 6. The van der Waals surface area contributed by atoms with Crippen LogP contribution in [0.1, 0.15) is 0 Å². The standard InChI is InChI=1S/C40H22N4O3/c1-3-9-23(10-4-1)37-42-38(25-15-17-28-27-13-7-8-14-32(27)45-33(28)19-25)44-39(43-37)26-16-18-29-30-21-31-36(22-35(30)46-34(29)20-26)47-40(41-31)24-11-5-2-6-12-24/h1-22H. The van der Waals surface area contributed by atoms with E-state index in [2.05, 4.69) is 12.1 Å². The van der Waals surface area contributed by atoms with E-state index in [1.807, 2.05) is 121 Å². The third kappa shape index (κ3) is 4.21. The van der Waals surface area contributed by atoms with Crippen molar-refractivity contribution in [1.29, 1.82) is 0 Å². The number of hydrogen-bond donors (Lipinski definition) is 0. The molecule has 0 N–H and O–H groups in total. The van der Waals surface area contributed by atoms with Gasteiger partial charge in [0.05, 0.1) is 0 Å². The Hall–Kier alpha value is -6.60. The number of aromatic nitrogens is 4. The van der Waals surface area contributed by atoms with E-state index in [1.54, 1.807) is 0 Å². The Morgan fingerprint density at radius 3 is 1.55 bits per heavy atom. The van der Waals surface area contributed by atoms with E-state index in [-0.39, 0.29) is 0 Å². The number of fused-ring (bicyclic) bond motifs is 7. The third-order valence-corrected chi connectivity index (χ3v) is 8.56. The molecule has 0 spiro atoms. The SMILES string of the molecule is c1ccc(-c2nc(-c3ccc4c(c3)oc3ccccc34)nc(-c3ccc4c(c3)oc3cc5oc(-c6ccccc6)nc5cc34)n2)cc1. The second-order valence-electron chi connectivity index (χ2n) is 11.5. The predicted octanol–water partition coefficient (Wildman–Crippen LogP) is 10.5. The fraction of sp³-hybridized carbons (Fsp3) is 0. The van der Waals surface area contributed by atoms with Crippen LogP contribution in [0.2, 0.25) is 0 Å². The first-order chi connectivity index (χ1) is 23.2. The van der Waals surface area contributed by atoms with Crippen LogP contribution in [-0.4, -0.2) is 19.9 Å². The molecule has 10 rings (SSSR count). The zero-order chi connectivity index (χ0) is 30.9. The molecule has 0 unspecified atom stereocenters. The van der Waals surface area contributed by atoms with Crippen molar-refractivity contribution >= 4 is 55.0 Å². The van der Waals surface area contributed by atoms with Crippen LogP contribution in [0.15, 0.2) is 147 Å². The van der Waals surface area contributed by atoms with Gasteiger partial charge < -0.3 is 13.3 Å². The molecule has 0 bridgehead atoms. The summed E-state index contributed by atoms with van der Waals surface area (Å²) in [5.74, 6) is 2.27. The highest BCUT2D eigenvalue weighted by atomic mass is 16.4. The highest BCUT2D eigenvalue weighted by Gasteiger charge is 2.18. The largest absolute Gasteiger partial charge is 0.456 e. The molecular weight excluding hydrogens is 584 g/mol. The van der Waals surface area contributed by atoms with Crippen LogP contribution < -0.4 is 0 Å². The molecule has 0 saturated heterocycles. The minimum atomic E-state index is 0.545. The monoisotopic (exact) mass is 606 g/mol. The Kier molecular flexibility index (Phi) is 5.44. The smallest absolute Gasteiger partial charge is 0.227 e. The van der Waals surface area contributed by atoms with Gasteiger partial charge in [0, 0.05) is 49.9 Å². The summed E-state index contributed by atoms with van der Waals surface area (Å²) < 4.78 is 18.7. The van der Waals surface area contributed by atoms with Crippen LogP contribution in [-0.2, 0) is 0 Å². The first kappa shape index (κ1) is 25.7. The van der Waals surface area contributed by atoms with Crippen molar-refractivity contribution in [3.8, 4) is 45.6 Å². The lowest BCUT2D eigenvalue weighted by atomic mass is 10.1. The quantitative estimate of drug-likeness (QED) is 0.197. The summed E-state index contributed by atoms with van der Waals surface area (Å²) in [6.45, 7) is 0. The van der Waals surface area contributed by atoms with Gasteiger partial charge in [-0.3, -0.25) is 0 Å². The number of nitrogens with zero attached hydrogens (tertiary/aromatic N) is 4. The van der Waals surface area contributed by atoms with Crippen molar-refractivity contribution in [3.05, 3.63) is 133 Å². The van der Waals surface area contributed by atoms with E-state index in [1.165, 1.54) is 0 Å². The molecule has 4 aromatic heterocycles. The van der Waals surface area contributed by atoms with Gasteiger partial charge in [0.15, 0.2) is 23.1 Å². The first-order valence-electron chi connectivity index (χ1n) is 15.3. The second kappa shape index (κ2) is 9.95. The minimum Gasteiger partial charge on any atom is -0.456 e. The molecule has 4 heterocycles. The van der Waals surface area contributed by atoms with Crippen LogP contribution in [0.5, 0.6) is 0 Å². The average Bonchev–Trinajstić information content (AvgIpc) is 3.83. The molecule has 0 atom stereocenters. The van der Waals surface area contributed by atoms with Crippen molar-refractivity contribution < 1.29 is 13.3 Å². The van der Waals surface area contributed by atoms with Crippen molar-refractivity contribution in [1.82, 2.24) is 19.9 Å². The molecule has 0 aliphatic heterocycles. The molecule has 0 amide bonds. The van der Waals surface area contributed by atoms with Gasteiger partial charge in [-0.15, -0.1) is 0 Å². The van der Waals surface area contributed by atoms with Crippen molar-refractivity contribution in [3.63, 3.8) is 0 Å². The molecule has 6 aromatic carbocycles. The van der Waals surface area contributed by atoms with Gasteiger partial charge >= 0.3 is 0 Å². The molecule has 7 heteroatoms.